The molecule has 0 aromatic heterocycles. The van der Waals surface area contributed by atoms with Crippen LogP contribution in [-0.2, 0) is 32.7 Å². The van der Waals surface area contributed by atoms with Crippen LogP contribution in [0.1, 0.15) is 277 Å². The van der Waals surface area contributed by atoms with Gasteiger partial charge in [0, 0.05) is 19.4 Å². The molecule has 10 heteroatoms. The number of ether oxygens (including phenoxy) is 2. The SMILES string of the molecule is CC/C=C\C/C=C\C/C=C\C/C=C\C/C=C\C/C=C\CCCCCCCCCCCCC(=O)OC(COC(=O)CCCCCCCCCCCCCCCCCCCCCCCC)COP(=O)(O)OCCN. The van der Waals surface area contributed by atoms with Crippen molar-refractivity contribution < 1.29 is 37.6 Å². The zero-order chi connectivity index (χ0) is 52.4. The maximum atomic E-state index is 12.7. The fourth-order valence-corrected chi connectivity index (χ4v) is 9.23. The van der Waals surface area contributed by atoms with Gasteiger partial charge in [-0.2, -0.15) is 0 Å². The Morgan fingerprint density at radius 3 is 1.14 bits per heavy atom. The second-order valence-electron chi connectivity index (χ2n) is 19.8. The molecule has 0 aromatic rings. The number of phosphoric ester groups is 1. The number of allylic oxidation sites excluding steroid dienone is 12. The first-order valence-corrected chi connectivity index (χ1v) is 31.4. The number of unbranched alkanes of at least 4 members (excludes halogenated alkanes) is 31. The maximum absolute atomic E-state index is 12.7. The number of carbonyl (C=O) groups excluding carboxylic acids is 2. The number of hydrogen-bond donors (Lipinski definition) is 2. The van der Waals surface area contributed by atoms with Gasteiger partial charge in [0.1, 0.15) is 6.61 Å². The molecule has 0 amide bonds. The Labute approximate surface area is 443 Å². The second kappa shape index (κ2) is 57.7. The molecule has 0 saturated carbocycles. The first-order chi connectivity index (χ1) is 35.3. The minimum atomic E-state index is -4.39. The average molecular weight is 1030 g/mol. The number of nitrogens with two attached hydrogens (primary N) is 1. The van der Waals surface area contributed by atoms with Crippen molar-refractivity contribution in [3.05, 3.63) is 72.9 Å². The average Bonchev–Trinajstić information content (AvgIpc) is 3.37. The van der Waals surface area contributed by atoms with Crippen LogP contribution in [0.15, 0.2) is 72.9 Å². The molecule has 0 aliphatic rings. The third-order valence-corrected chi connectivity index (χ3v) is 13.8. The normalized spacial score (nSPS) is 13.6. The monoisotopic (exact) mass is 1030 g/mol. The van der Waals surface area contributed by atoms with E-state index in [0.717, 1.165) is 83.5 Å². The van der Waals surface area contributed by atoms with Crippen molar-refractivity contribution in [3.63, 3.8) is 0 Å². The van der Waals surface area contributed by atoms with Crippen molar-refractivity contribution in [2.45, 2.75) is 283 Å². The van der Waals surface area contributed by atoms with E-state index in [4.69, 9.17) is 24.3 Å². The van der Waals surface area contributed by atoms with Crippen molar-refractivity contribution in [3.8, 4) is 0 Å². The molecule has 0 saturated heterocycles. The lowest BCUT2D eigenvalue weighted by Gasteiger charge is -2.19. The summed E-state index contributed by atoms with van der Waals surface area (Å²) in [6, 6.07) is 0. The van der Waals surface area contributed by atoms with Crippen LogP contribution in [-0.4, -0.2) is 49.3 Å². The van der Waals surface area contributed by atoms with E-state index < -0.39 is 26.5 Å². The van der Waals surface area contributed by atoms with Crippen LogP contribution in [0.5, 0.6) is 0 Å². The highest BCUT2D eigenvalue weighted by Gasteiger charge is 2.26. The zero-order valence-electron chi connectivity index (χ0n) is 46.7. The van der Waals surface area contributed by atoms with Gasteiger partial charge in [-0.1, -0.05) is 273 Å². The first kappa shape index (κ1) is 69.5. The van der Waals surface area contributed by atoms with Gasteiger partial charge in [-0.25, -0.2) is 4.57 Å². The van der Waals surface area contributed by atoms with Gasteiger partial charge in [0.2, 0.25) is 0 Å². The fraction of sp³-hybridized carbons (Fsp3) is 0.774. The predicted molar refractivity (Wildman–Crippen MR) is 307 cm³/mol. The van der Waals surface area contributed by atoms with Crippen LogP contribution in [0.25, 0.3) is 0 Å². The third kappa shape index (κ3) is 56.7. The molecule has 72 heavy (non-hydrogen) atoms. The van der Waals surface area contributed by atoms with Crippen LogP contribution in [0, 0.1) is 0 Å². The molecule has 0 rings (SSSR count). The number of rotatable bonds is 56. The largest absolute Gasteiger partial charge is 0.472 e. The van der Waals surface area contributed by atoms with Gasteiger partial charge in [-0.05, 0) is 64.2 Å². The highest BCUT2D eigenvalue weighted by molar-refractivity contribution is 7.47. The topological polar surface area (TPSA) is 134 Å². The molecule has 0 radical (unpaired) electrons. The van der Waals surface area contributed by atoms with Gasteiger partial charge < -0.3 is 20.1 Å². The minimum Gasteiger partial charge on any atom is -0.462 e. The Hall–Kier alpha value is -2.55. The Kier molecular flexibility index (Phi) is 55.7. The van der Waals surface area contributed by atoms with Gasteiger partial charge in [0.25, 0.3) is 0 Å². The highest BCUT2D eigenvalue weighted by atomic mass is 31.2. The number of hydrogen-bond acceptors (Lipinski definition) is 8. The van der Waals surface area contributed by atoms with E-state index in [2.05, 4.69) is 86.8 Å². The molecule has 3 N–H and O–H groups in total. The van der Waals surface area contributed by atoms with Crippen LogP contribution >= 0.6 is 7.82 Å². The molecule has 0 aliphatic heterocycles. The summed E-state index contributed by atoms with van der Waals surface area (Å²) in [6.45, 7) is 3.66. The molecule has 0 aliphatic carbocycles. The lowest BCUT2D eigenvalue weighted by Crippen LogP contribution is -2.29. The Bertz CT molecular complexity index is 1410. The van der Waals surface area contributed by atoms with Gasteiger partial charge >= 0.3 is 19.8 Å². The summed E-state index contributed by atoms with van der Waals surface area (Å²) in [4.78, 5) is 35.2. The quantitative estimate of drug-likeness (QED) is 0.0264. The standard InChI is InChI=1S/C62H112NO8P/c1-3-5-7-9-11-13-15-17-19-21-23-25-27-28-29-30-31-32-33-35-37-39-41-43-45-47-49-51-53-55-62(65)71-60(59-70-72(66,67)69-57-56-63)58-68-61(64)54-52-50-48-46-44-42-40-38-36-34-26-24-22-20-18-16-14-12-10-8-6-4-2/h5,7,11,13,17,19,23,25,28-29,31-32,60H,3-4,6,8-10,12,14-16,18,20-22,24,26-27,30,33-59,63H2,1-2H3,(H,66,67)/b7-5-,13-11-,19-17-,25-23-,29-28-,32-31-. The maximum Gasteiger partial charge on any atom is 0.472 e. The van der Waals surface area contributed by atoms with E-state index in [0.29, 0.717) is 6.42 Å². The number of esters is 2. The predicted octanol–water partition coefficient (Wildman–Crippen LogP) is 18.9. The summed E-state index contributed by atoms with van der Waals surface area (Å²) in [5.74, 6) is -0.824. The number of phosphoric acid groups is 1. The molecule has 418 valence electrons. The second-order valence-corrected chi connectivity index (χ2v) is 21.3. The summed E-state index contributed by atoms with van der Waals surface area (Å²) in [5, 5.41) is 0. The molecular weight excluding hydrogens is 918 g/mol. The van der Waals surface area contributed by atoms with Gasteiger partial charge in [-0.3, -0.25) is 18.6 Å². The molecule has 2 atom stereocenters. The zero-order valence-corrected chi connectivity index (χ0v) is 47.5. The van der Waals surface area contributed by atoms with E-state index in [-0.39, 0.29) is 38.6 Å². The summed E-state index contributed by atoms with van der Waals surface area (Å²) in [6.07, 6.45) is 73.8. The molecule has 2 unspecified atom stereocenters. The van der Waals surface area contributed by atoms with E-state index in [1.54, 1.807) is 0 Å². The molecule has 9 nitrogen and oxygen atoms in total. The lowest BCUT2D eigenvalue weighted by molar-refractivity contribution is -0.161. The van der Waals surface area contributed by atoms with E-state index in [1.165, 1.54) is 161 Å². The van der Waals surface area contributed by atoms with Crippen LogP contribution in [0.4, 0.5) is 0 Å². The molecule has 0 fully saturated rings. The summed E-state index contributed by atoms with van der Waals surface area (Å²) in [7, 11) is -4.39. The van der Waals surface area contributed by atoms with Crippen molar-refractivity contribution in [1.29, 1.82) is 0 Å². The minimum absolute atomic E-state index is 0.0514. The summed E-state index contributed by atoms with van der Waals surface area (Å²) < 4.78 is 33.1. The van der Waals surface area contributed by atoms with E-state index in [1.807, 2.05) is 0 Å². The van der Waals surface area contributed by atoms with Gasteiger partial charge in [-0.15, -0.1) is 0 Å². The smallest absolute Gasteiger partial charge is 0.462 e. The Morgan fingerprint density at radius 1 is 0.431 bits per heavy atom. The first-order valence-electron chi connectivity index (χ1n) is 29.9. The van der Waals surface area contributed by atoms with Crippen molar-refractivity contribution in [2.24, 2.45) is 5.73 Å². The summed E-state index contributed by atoms with van der Waals surface area (Å²) in [5.41, 5.74) is 5.39. The van der Waals surface area contributed by atoms with Crippen molar-refractivity contribution in [1.82, 2.24) is 0 Å². The Balaban J connectivity index is 3.97. The Morgan fingerprint density at radius 2 is 0.764 bits per heavy atom. The van der Waals surface area contributed by atoms with Crippen LogP contribution in [0.3, 0.4) is 0 Å². The van der Waals surface area contributed by atoms with Crippen LogP contribution < -0.4 is 5.73 Å². The molecule has 0 spiro atoms. The molecule has 0 bridgehead atoms. The van der Waals surface area contributed by atoms with E-state index in [9.17, 15) is 19.0 Å². The van der Waals surface area contributed by atoms with Crippen LogP contribution in [0.2, 0.25) is 0 Å². The number of carbonyl (C=O) groups is 2. The van der Waals surface area contributed by atoms with E-state index >= 15 is 0 Å². The third-order valence-electron chi connectivity index (χ3n) is 12.9. The van der Waals surface area contributed by atoms with Gasteiger partial charge in [0.05, 0.1) is 13.2 Å². The fourth-order valence-electron chi connectivity index (χ4n) is 8.47. The summed E-state index contributed by atoms with van der Waals surface area (Å²) >= 11 is 0. The van der Waals surface area contributed by atoms with Crippen molar-refractivity contribution in [2.75, 3.05) is 26.4 Å². The highest BCUT2D eigenvalue weighted by Crippen LogP contribution is 2.43. The van der Waals surface area contributed by atoms with Crippen molar-refractivity contribution >= 4 is 19.8 Å². The lowest BCUT2D eigenvalue weighted by atomic mass is 10.0. The molecule has 0 heterocycles. The molecule has 0 aromatic carbocycles. The van der Waals surface area contributed by atoms with Gasteiger partial charge in [0.15, 0.2) is 6.10 Å². The molecular formula is C62H112NO8P.